The number of anilines is 1. The average Bonchev–Trinajstić information content (AvgIpc) is 2.53. The second kappa shape index (κ2) is 7.16. The lowest BCUT2D eigenvalue weighted by atomic mass is 10.2. The first-order chi connectivity index (χ1) is 10.6. The van der Waals surface area contributed by atoms with Gasteiger partial charge >= 0.3 is 11.8 Å². The summed E-state index contributed by atoms with van der Waals surface area (Å²) >= 11 is 0. The Hall–Kier alpha value is -2.96. The van der Waals surface area contributed by atoms with Gasteiger partial charge in [-0.2, -0.15) is 0 Å². The number of halogens is 1. The molecule has 114 valence electrons. The summed E-state index contributed by atoms with van der Waals surface area (Å²) in [7, 11) is 1.47. The fourth-order valence-corrected chi connectivity index (χ4v) is 1.67. The number of amides is 2. The van der Waals surface area contributed by atoms with Gasteiger partial charge in [0.2, 0.25) is 5.88 Å². The third-order valence-corrected chi connectivity index (χ3v) is 2.75. The fourth-order valence-electron chi connectivity index (χ4n) is 1.67. The average molecular weight is 303 g/mol. The molecular formula is C15H14FN3O3. The number of ether oxygens (including phenoxy) is 1. The smallest absolute Gasteiger partial charge is 0.313 e. The molecule has 2 rings (SSSR count). The van der Waals surface area contributed by atoms with Gasteiger partial charge < -0.3 is 15.4 Å². The van der Waals surface area contributed by atoms with Gasteiger partial charge in [0.15, 0.2) is 0 Å². The molecule has 0 radical (unpaired) electrons. The van der Waals surface area contributed by atoms with Gasteiger partial charge in [0.1, 0.15) is 5.82 Å². The molecule has 0 aliphatic carbocycles. The minimum atomic E-state index is -0.830. The van der Waals surface area contributed by atoms with Crippen molar-refractivity contribution in [3.05, 3.63) is 54.0 Å². The summed E-state index contributed by atoms with van der Waals surface area (Å²) in [5.41, 5.74) is 0.930. The minimum absolute atomic E-state index is 0.0604. The standard InChI is InChI=1S/C15H14FN3O3/c1-22-13-6-5-12(9-17-13)19-15(21)14(20)18-8-10-3-2-4-11(16)7-10/h2-7,9H,8H2,1H3,(H,18,20)(H,19,21). The molecular weight excluding hydrogens is 289 g/mol. The molecule has 0 unspecified atom stereocenters. The van der Waals surface area contributed by atoms with E-state index in [1.165, 1.54) is 31.5 Å². The zero-order valence-electron chi connectivity index (χ0n) is 11.8. The van der Waals surface area contributed by atoms with Crippen molar-refractivity contribution < 1.29 is 18.7 Å². The first kappa shape index (κ1) is 15.4. The molecule has 0 aliphatic heterocycles. The highest BCUT2D eigenvalue weighted by Crippen LogP contribution is 2.10. The van der Waals surface area contributed by atoms with E-state index in [1.807, 2.05) is 0 Å². The van der Waals surface area contributed by atoms with Crippen molar-refractivity contribution in [2.45, 2.75) is 6.54 Å². The van der Waals surface area contributed by atoms with Crippen LogP contribution in [-0.2, 0) is 16.1 Å². The van der Waals surface area contributed by atoms with Crippen LogP contribution in [0.5, 0.6) is 5.88 Å². The van der Waals surface area contributed by atoms with Crippen molar-refractivity contribution in [1.29, 1.82) is 0 Å². The lowest BCUT2D eigenvalue weighted by molar-refractivity contribution is -0.136. The molecule has 2 aromatic rings. The van der Waals surface area contributed by atoms with Crippen LogP contribution in [0.4, 0.5) is 10.1 Å². The highest BCUT2D eigenvalue weighted by molar-refractivity contribution is 6.39. The number of hydrogen-bond donors (Lipinski definition) is 2. The van der Waals surface area contributed by atoms with Gasteiger partial charge in [-0.1, -0.05) is 12.1 Å². The quantitative estimate of drug-likeness (QED) is 0.839. The Morgan fingerprint density at radius 3 is 2.68 bits per heavy atom. The Kier molecular flexibility index (Phi) is 5.02. The van der Waals surface area contributed by atoms with Crippen molar-refractivity contribution in [2.75, 3.05) is 12.4 Å². The second-order valence-electron chi connectivity index (χ2n) is 4.36. The number of benzene rings is 1. The Morgan fingerprint density at radius 2 is 2.05 bits per heavy atom. The summed E-state index contributed by atoms with van der Waals surface area (Å²) in [6, 6.07) is 8.87. The third kappa shape index (κ3) is 4.27. The summed E-state index contributed by atoms with van der Waals surface area (Å²) in [4.78, 5) is 27.3. The van der Waals surface area contributed by atoms with E-state index in [0.717, 1.165) is 0 Å². The molecule has 6 nitrogen and oxygen atoms in total. The van der Waals surface area contributed by atoms with E-state index in [0.29, 0.717) is 17.1 Å². The largest absolute Gasteiger partial charge is 0.481 e. The van der Waals surface area contributed by atoms with Crippen molar-refractivity contribution in [3.8, 4) is 5.88 Å². The molecule has 22 heavy (non-hydrogen) atoms. The molecule has 0 saturated carbocycles. The third-order valence-electron chi connectivity index (χ3n) is 2.75. The number of aromatic nitrogens is 1. The van der Waals surface area contributed by atoms with Gasteiger partial charge in [-0.05, 0) is 23.8 Å². The maximum absolute atomic E-state index is 13.0. The van der Waals surface area contributed by atoms with Gasteiger partial charge in [0.05, 0.1) is 19.0 Å². The lowest BCUT2D eigenvalue weighted by Gasteiger charge is -2.07. The summed E-state index contributed by atoms with van der Waals surface area (Å²) < 4.78 is 17.9. The molecule has 1 aromatic heterocycles. The van der Waals surface area contributed by atoms with Crippen LogP contribution in [0.3, 0.4) is 0 Å². The summed E-state index contributed by atoms with van der Waals surface area (Å²) in [5.74, 6) is -1.66. The second-order valence-corrected chi connectivity index (χ2v) is 4.36. The van der Waals surface area contributed by atoms with Crippen LogP contribution >= 0.6 is 0 Å². The normalized spacial score (nSPS) is 9.91. The molecule has 2 N–H and O–H groups in total. The fraction of sp³-hybridized carbons (Fsp3) is 0.133. The summed E-state index contributed by atoms with van der Waals surface area (Å²) in [5, 5.41) is 4.80. The summed E-state index contributed by atoms with van der Waals surface area (Å²) in [6.45, 7) is 0.0604. The van der Waals surface area contributed by atoms with Crippen LogP contribution in [0.2, 0.25) is 0 Å². The van der Waals surface area contributed by atoms with Crippen molar-refractivity contribution in [3.63, 3.8) is 0 Å². The number of carbonyl (C=O) groups is 2. The van der Waals surface area contributed by atoms with Crippen LogP contribution < -0.4 is 15.4 Å². The van der Waals surface area contributed by atoms with Crippen molar-refractivity contribution in [1.82, 2.24) is 10.3 Å². The molecule has 0 bridgehead atoms. The molecule has 1 aromatic carbocycles. The van der Waals surface area contributed by atoms with E-state index < -0.39 is 17.6 Å². The predicted molar refractivity (Wildman–Crippen MR) is 77.7 cm³/mol. The molecule has 0 spiro atoms. The predicted octanol–water partition coefficient (Wildman–Crippen LogP) is 1.48. The Labute approximate surface area is 126 Å². The zero-order chi connectivity index (χ0) is 15.9. The van der Waals surface area contributed by atoms with Crippen molar-refractivity contribution >= 4 is 17.5 Å². The number of nitrogens with zero attached hydrogens (tertiary/aromatic N) is 1. The van der Waals surface area contributed by atoms with Gasteiger partial charge in [0.25, 0.3) is 0 Å². The monoisotopic (exact) mass is 303 g/mol. The first-order valence-electron chi connectivity index (χ1n) is 6.42. The molecule has 0 atom stereocenters. The van der Waals surface area contributed by atoms with E-state index in [4.69, 9.17) is 4.74 Å². The van der Waals surface area contributed by atoms with Gasteiger partial charge in [0, 0.05) is 12.6 Å². The van der Waals surface area contributed by atoms with E-state index in [2.05, 4.69) is 15.6 Å². The number of methoxy groups -OCH3 is 1. The first-order valence-corrected chi connectivity index (χ1v) is 6.42. The maximum Gasteiger partial charge on any atom is 0.313 e. The molecule has 0 fully saturated rings. The Morgan fingerprint density at radius 1 is 1.23 bits per heavy atom. The van der Waals surface area contributed by atoms with E-state index >= 15 is 0 Å². The van der Waals surface area contributed by atoms with Crippen molar-refractivity contribution in [2.24, 2.45) is 0 Å². The van der Waals surface area contributed by atoms with Gasteiger partial charge in [-0.3, -0.25) is 9.59 Å². The van der Waals surface area contributed by atoms with Gasteiger partial charge in [-0.15, -0.1) is 0 Å². The molecule has 0 saturated heterocycles. The maximum atomic E-state index is 13.0. The number of nitrogens with one attached hydrogen (secondary N) is 2. The Balaban J connectivity index is 1.87. The number of pyridine rings is 1. The van der Waals surface area contributed by atoms with Gasteiger partial charge in [-0.25, -0.2) is 9.37 Å². The topological polar surface area (TPSA) is 80.3 Å². The molecule has 7 heteroatoms. The highest BCUT2D eigenvalue weighted by atomic mass is 19.1. The number of hydrogen-bond acceptors (Lipinski definition) is 4. The molecule has 2 amide bonds. The van der Waals surface area contributed by atoms with Crippen LogP contribution in [0.15, 0.2) is 42.6 Å². The van der Waals surface area contributed by atoms with Crippen LogP contribution in [0.1, 0.15) is 5.56 Å². The van der Waals surface area contributed by atoms with Crippen LogP contribution in [0.25, 0.3) is 0 Å². The number of carbonyl (C=O) groups excluding carboxylic acids is 2. The lowest BCUT2D eigenvalue weighted by Crippen LogP contribution is -2.35. The number of rotatable bonds is 4. The Bertz CT molecular complexity index is 674. The van der Waals surface area contributed by atoms with Crippen LogP contribution in [0, 0.1) is 5.82 Å². The van der Waals surface area contributed by atoms with E-state index in [-0.39, 0.29) is 6.54 Å². The van der Waals surface area contributed by atoms with E-state index in [9.17, 15) is 14.0 Å². The molecule has 1 heterocycles. The van der Waals surface area contributed by atoms with E-state index in [1.54, 1.807) is 18.2 Å². The SMILES string of the molecule is COc1ccc(NC(=O)C(=O)NCc2cccc(F)c2)cn1. The highest BCUT2D eigenvalue weighted by Gasteiger charge is 2.13. The zero-order valence-corrected chi connectivity index (χ0v) is 11.8. The summed E-state index contributed by atoms with van der Waals surface area (Å²) in [6.07, 6.45) is 1.37. The minimum Gasteiger partial charge on any atom is -0.481 e. The van der Waals surface area contributed by atoms with Crippen LogP contribution in [-0.4, -0.2) is 23.9 Å². The molecule has 0 aliphatic rings.